The average Bonchev–Trinajstić information content (AvgIpc) is 1.35. The molecule has 14 aromatic carbocycles. The van der Waals surface area contributed by atoms with Gasteiger partial charge in [0.15, 0.2) is 0 Å². The first-order chi connectivity index (χ1) is 45.3. The number of hydrogen-bond donors (Lipinski definition) is 0. The van der Waals surface area contributed by atoms with E-state index in [0.717, 1.165) is 56.1 Å². The van der Waals surface area contributed by atoms with Crippen molar-refractivity contribution in [2.45, 2.75) is 26.2 Å². The molecule has 2 aromatic heterocycles. The molecule has 0 bridgehead atoms. The quantitative estimate of drug-likeness (QED) is 0.131. The van der Waals surface area contributed by atoms with E-state index in [9.17, 15) is 0 Å². The lowest BCUT2D eigenvalue weighted by atomic mass is 9.33. The number of aromatic nitrogens is 2. The van der Waals surface area contributed by atoms with Crippen LogP contribution in [-0.2, 0) is 5.41 Å². The van der Waals surface area contributed by atoms with Gasteiger partial charge in [0, 0.05) is 60.9 Å². The van der Waals surface area contributed by atoms with Crippen LogP contribution in [0.15, 0.2) is 322 Å². The zero-order valence-electron chi connectivity index (χ0n) is 51.5. The van der Waals surface area contributed by atoms with E-state index in [0.29, 0.717) is 0 Å². The van der Waals surface area contributed by atoms with Gasteiger partial charge in [-0.2, -0.15) is 0 Å². The predicted octanol–water partition coefficient (Wildman–Crippen LogP) is 21.5. The fraction of sp³-hybridized carbons (Fsp3) is 0.0455. The molecule has 0 aliphatic carbocycles. The Bertz CT molecular complexity index is 5490. The van der Waals surface area contributed by atoms with Crippen LogP contribution >= 0.6 is 0 Å². The van der Waals surface area contributed by atoms with Crippen molar-refractivity contribution in [1.82, 2.24) is 9.13 Å². The number of rotatable bonds is 9. The van der Waals surface area contributed by atoms with Gasteiger partial charge in [-0.3, -0.25) is 0 Å². The molecule has 0 N–H and O–H groups in total. The van der Waals surface area contributed by atoms with E-state index in [4.69, 9.17) is 0 Å². The summed E-state index contributed by atoms with van der Waals surface area (Å²) in [6.07, 6.45) is 0. The minimum absolute atomic E-state index is 0.0905. The Kier molecular flexibility index (Phi) is 12.3. The van der Waals surface area contributed by atoms with Crippen molar-refractivity contribution in [1.29, 1.82) is 0 Å². The van der Waals surface area contributed by atoms with Crippen LogP contribution in [0.5, 0.6) is 0 Å². The van der Waals surface area contributed by atoms with E-state index >= 15 is 0 Å². The highest BCUT2D eigenvalue weighted by Gasteiger charge is 2.44. The molecule has 2 aliphatic rings. The molecular weight excluding hydrogens is 1110 g/mol. The van der Waals surface area contributed by atoms with Crippen LogP contribution in [0.2, 0.25) is 0 Å². The van der Waals surface area contributed by atoms with Crippen LogP contribution in [0.25, 0.3) is 133 Å². The minimum atomic E-state index is -0.206. The summed E-state index contributed by atoms with van der Waals surface area (Å²) in [7, 11) is 0. The number of benzene rings is 14. The third-order valence-electron chi connectivity index (χ3n) is 19.6. The van der Waals surface area contributed by atoms with E-state index in [2.05, 4.69) is 356 Å². The maximum Gasteiger partial charge on any atom is 0.252 e. The van der Waals surface area contributed by atoms with Crippen molar-refractivity contribution in [2.75, 3.05) is 4.90 Å². The van der Waals surface area contributed by atoms with Gasteiger partial charge in [-0.1, -0.05) is 263 Å². The van der Waals surface area contributed by atoms with E-state index in [1.54, 1.807) is 0 Å². The summed E-state index contributed by atoms with van der Waals surface area (Å²) in [5, 5.41) is 4.91. The molecule has 2 aliphatic heterocycles. The van der Waals surface area contributed by atoms with Crippen LogP contribution in [0, 0.1) is 0 Å². The number of hydrogen-bond acceptors (Lipinski definition) is 1. The third-order valence-corrected chi connectivity index (χ3v) is 19.6. The molecule has 0 spiro atoms. The summed E-state index contributed by atoms with van der Waals surface area (Å²) < 4.78 is 5.17. The Balaban J connectivity index is 1.04. The standard InChI is InChI=1S/C88H62BN3/c1-88(2,3)69-44-46-79-74(54-69)75-55-82-77(56-81(75)90(79)70-39-20-9-21-40-70)89-78-51-67(60-31-16-7-17-32-60)50-76-73-49-64(59-29-14-6-15-30-59)43-45-80(73)91(87(76)78)83-52-68(61-33-18-8-19-34-61)53-84(85(83)89)92(82)86-71(65-37-22-35-62(47-65)57-25-10-4-11-26-57)41-24-42-72(86)66-38-23-36-63(48-66)58-27-12-5-13-28-58/h4-56H,1-3H3. The van der Waals surface area contributed by atoms with Gasteiger partial charge in [0.1, 0.15) is 0 Å². The number of anilines is 3. The zero-order valence-corrected chi connectivity index (χ0v) is 51.5. The normalized spacial score (nSPS) is 12.5. The molecule has 0 saturated carbocycles. The Morgan fingerprint density at radius 2 is 0.707 bits per heavy atom. The molecule has 92 heavy (non-hydrogen) atoms. The predicted molar refractivity (Wildman–Crippen MR) is 391 cm³/mol. The first kappa shape index (κ1) is 53.6. The summed E-state index contributed by atoms with van der Waals surface area (Å²) in [6.45, 7) is 6.79. The van der Waals surface area contributed by atoms with Gasteiger partial charge in [-0.25, -0.2) is 0 Å². The Morgan fingerprint density at radius 1 is 0.272 bits per heavy atom. The molecule has 0 saturated heterocycles. The van der Waals surface area contributed by atoms with Gasteiger partial charge in [0.05, 0.1) is 22.2 Å². The molecule has 0 unspecified atom stereocenters. The van der Waals surface area contributed by atoms with Crippen LogP contribution in [0.1, 0.15) is 26.3 Å². The van der Waals surface area contributed by atoms with E-state index in [1.807, 2.05) is 0 Å². The Morgan fingerprint density at radius 3 is 1.27 bits per heavy atom. The van der Waals surface area contributed by atoms with E-state index < -0.39 is 0 Å². The van der Waals surface area contributed by atoms with E-state index in [1.165, 1.54) is 116 Å². The summed E-state index contributed by atoms with van der Waals surface area (Å²) in [5.41, 5.74) is 31.9. The van der Waals surface area contributed by atoms with Gasteiger partial charge < -0.3 is 14.0 Å². The largest absolute Gasteiger partial charge is 0.310 e. The highest BCUT2D eigenvalue weighted by molar-refractivity contribution is 7.00. The minimum Gasteiger partial charge on any atom is -0.310 e. The second-order valence-electron chi connectivity index (χ2n) is 26.0. The molecular formula is C88H62BN3. The average molecular weight is 1170 g/mol. The van der Waals surface area contributed by atoms with Gasteiger partial charge in [-0.15, -0.1) is 0 Å². The maximum atomic E-state index is 2.72. The molecule has 18 rings (SSSR count). The van der Waals surface area contributed by atoms with Crippen molar-refractivity contribution < 1.29 is 0 Å². The summed E-state index contributed by atoms with van der Waals surface area (Å²) in [6, 6.07) is 121. The van der Waals surface area contributed by atoms with Gasteiger partial charge >= 0.3 is 0 Å². The fourth-order valence-electron chi connectivity index (χ4n) is 15.3. The molecule has 3 nitrogen and oxygen atoms in total. The lowest BCUT2D eigenvalue weighted by molar-refractivity contribution is 0.591. The van der Waals surface area contributed by atoms with Crippen molar-refractivity contribution in [2.24, 2.45) is 0 Å². The Hall–Kier alpha value is -11.5. The molecule has 0 radical (unpaired) electrons. The third kappa shape index (κ3) is 8.59. The molecule has 4 heteroatoms. The topological polar surface area (TPSA) is 13.1 Å². The van der Waals surface area contributed by atoms with Crippen molar-refractivity contribution in [3.05, 3.63) is 327 Å². The van der Waals surface area contributed by atoms with Gasteiger partial charge in [0.2, 0.25) is 0 Å². The van der Waals surface area contributed by atoms with Crippen LogP contribution in [0.3, 0.4) is 0 Å². The summed E-state index contributed by atoms with van der Waals surface area (Å²) in [4.78, 5) is 2.72. The summed E-state index contributed by atoms with van der Waals surface area (Å²) >= 11 is 0. The van der Waals surface area contributed by atoms with E-state index in [-0.39, 0.29) is 12.1 Å². The second kappa shape index (κ2) is 21.1. The number of fused-ring (bicyclic) bond motifs is 10. The fourth-order valence-corrected chi connectivity index (χ4v) is 15.3. The lowest BCUT2D eigenvalue weighted by Crippen LogP contribution is -2.60. The van der Waals surface area contributed by atoms with Crippen molar-refractivity contribution in [3.63, 3.8) is 0 Å². The molecule has 0 amide bonds. The van der Waals surface area contributed by atoms with Gasteiger partial charge in [-0.05, 0) is 173 Å². The first-order valence-electron chi connectivity index (χ1n) is 32.2. The number of nitrogens with zero attached hydrogens (tertiary/aromatic N) is 3. The SMILES string of the molecule is CC(C)(C)c1ccc2c(c1)c1cc3c(cc1n2-c1ccccc1)B1c2c(cc(-c4ccccc4)cc2-n2c4ccc(-c5ccccc5)cc4c4cc(-c5ccccc5)cc1c42)N3c1c(-c2cccc(-c3ccccc3)c2)cccc1-c1cccc(-c2ccccc2)c1. The smallest absolute Gasteiger partial charge is 0.252 e. The van der Waals surface area contributed by atoms with Gasteiger partial charge in [0.25, 0.3) is 6.71 Å². The lowest BCUT2D eigenvalue weighted by Gasteiger charge is -2.42. The number of para-hydroxylation sites is 2. The maximum absolute atomic E-state index is 2.72. The molecule has 4 heterocycles. The summed E-state index contributed by atoms with van der Waals surface area (Å²) in [5.74, 6) is 0. The highest BCUT2D eigenvalue weighted by atomic mass is 15.2. The van der Waals surface area contributed by atoms with Crippen LogP contribution in [-0.4, -0.2) is 15.8 Å². The first-order valence-corrected chi connectivity index (χ1v) is 32.2. The molecule has 16 aromatic rings. The van der Waals surface area contributed by atoms with Crippen molar-refractivity contribution in [3.8, 4) is 89.3 Å². The van der Waals surface area contributed by atoms with Crippen LogP contribution in [0.4, 0.5) is 17.1 Å². The zero-order chi connectivity index (χ0) is 61.2. The molecule has 0 atom stereocenters. The molecule has 432 valence electrons. The van der Waals surface area contributed by atoms with Crippen molar-refractivity contribution >= 4 is 83.8 Å². The monoisotopic (exact) mass is 1170 g/mol. The van der Waals surface area contributed by atoms with Crippen LogP contribution < -0.4 is 21.3 Å². The highest BCUT2D eigenvalue weighted by Crippen LogP contribution is 2.52. The molecule has 0 fully saturated rings. The Labute approximate surface area is 537 Å². The second-order valence-corrected chi connectivity index (χ2v) is 26.0.